The van der Waals surface area contributed by atoms with Gasteiger partial charge in [-0.25, -0.2) is 4.79 Å². The fourth-order valence-electron chi connectivity index (χ4n) is 5.57. The first-order valence-corrected chi connectivity index (χ1v) is 11.9. The number of rotatable bonds is 8. The maximum absolute atomic E-state index is 13.3. The number of esters is 1. The normalized spacial score (nSPS) is 19.1. The third-order valence-corrected chi connectivity index (χ3v) is 7.14. The zero-order valence-electron chi connectivity index (χ0n) is 18.6. The summed E-state index contributed by atoms with van der Waals surface area (Å²) in [5.74, 6) is -0.602. The molecule has 0 unspecified atom stereocenters. The predicted molar refractivity (Wildman–Crippen MR) is 123 cm³/mol. The molecule has 0 aliphatic heterocycles. The van der Waals surface area contributed by atoms with Crippen LogP contribution in [0.15, 0.2) is 60.7 Å². The summed E-state index contributed by atoms with van der Waals surface area (Å²) in [4.78, 5) is 16.0. The molecule has 1 atom stereocenters. The van der Waals surface area contributed by atoms with Crippen LogP contribution in [0, 0.1) is 0 Å². The minimum Gasteiger partial charge on any atom is -0.461 e. The van der Waals surface area contributed by atoms with Crippen molar-refractivity contribution < 1.29 is 14.6 Å². The Bertz CT molecular complexity index is 771. The molecule has 166 valence electrons. The number of hydrogen-bond acceptors (Lipinski definition) is 4. The van der Waals surface area contributed by atoms with Gasteiger partial charge in [-0.15, -0.1) is 0 Å². The molecule has 0 spiro atoms. The van der Waals surface area contributed by atoms with Crippen LogP contribution < -0.4 is 0 Å². The van der Waals surface area contributed by atoms with Crippen LogP contribution in [0.1, 0.15) is 69.4 Å². The Kier molecular flexibility index (Phi) is 7.09. The van der Waals surface area contributed by atoms with Gasteiger partial charge < -0.3 is 9.84 Å². The van der Waals surface area contributed by atoms with E-state index in [9.17, 15) is 9.90 Å². The molecule has 0 amide bonds. The fraction of sp³-hybridized carbons (Fsp3) is 0.519. The second kappa shape index (κ2) is 9.97. The predicted octanol–water partition coefficient (Wildman–Crippen LogP) is 5.04. The average molecular weight is 422 g/mol. The minimum absolute atomic E-state index is 0.144. The standard InChI is InChI=1S/C27H35NO3/c1-21(28(24-16-8-9-17-24)25-18-10-11-19-25)20-31-26(29)27(30,22-12-4-2-5-13-22)23-14-6-3-7-15-23/h2-7,12-15,21,24-25,30H,8-11,16-20H2,1H3/t21-/m0/s1. The molecule has 2 aromatic carbocycles. The summed E-state index contributed by atoms with van der Waals surface area (Å²) < 4.78 is 5.85. The first kappa shape index (κ1) is 22.0. The summed E-state index contributed by atoms with van der Waals surface area (Å²) >= 11 is 0. The third-order valence-electron chi connectivity index (χ3n) is 7.14. The molecule has 0 radical (unpaired) electrons. The van der Waals surface area contributed by atoms with E-state index in [4.69, 9.17) is 4.74 Å². The zero-order valence-corrected chi connectivity index (χ0v) is 18.6. The van der Waals surface area contributed by atoms with Crippen LogP contribution in [-0.2, 0) is 15.1 Å². The van der Waals surface area contributed by atoms with E-state index in [0.717, 1.165) is 0 Å². The van der Waals surface area contributed by atoms with Gasteiger partial charge in [0.05, 0.1) is 0 Å². The van der Waals surface area contributed by atoms with Gasteiger partial charge in [-0.3, -0.25) is 4.90 Å². The molecule has 31 heavy (non-hydrogen) atoms. The Morgan fingerprint density at radius 1 is 0.903 bits per heavy atom. The van der Waals surface area contributed by atoms with Gasteiger partial charge in [0.1, 0.15) is 6.61 Å². The molecule has 2 aliphatic rings. The summed E-state index contributed by atoms with van der Waals surface area (Å²) in [6, 6.07) is 19.5. The maximum Gasteiger partial charge on any atom is 0.347 e. The summed E-state index contributed by atoms with van der Waals surface area (Å²) in [6.45, 7) is 2.47. The number of hydrogen-bond donors (Lipinski definition) is 1. The third kappa shape index (κ3) is 4.70. The largest absolute Gasteiger partial charge is 0.461 e. The first-order valence-electron chi connectivity index (χ1n) is 11.9. The molecule has 4 rings (SSSR count). The van der Waals surface area contributed by atoms with Gasteiger partial charge in [0.2, 0.25) is 5.60 Å². The summed E-state index contributed by atoms with van der Waals surface area (Å²) in [5, 5.41) is 11.6. The van der Waals surface area contributed by atoms with Crippen molar-refractivity contribution in [2.45, 2.75) is 82.0 Å². The van der Waals surface area contributed by atoms with Crippen molar-refractivity contribution in [3.63, 3.8) is 0 Å². The van der Waals surface area contributed by atoms with Crippen molar-refractivity contribution in [2.75, 3.05) is 6.61 Å². The van der Waals surface area contributed by atoms with E-state index >= 15 is 0 Å². The first-order chi connectivity index (χ1) is 15.1. The summed E-state index contributed by atoms with van der Waals surface area (Å²) in [6.07, 6.45) is 10.1. The maximum atomic E-state index is 13.3. The highest BCUT2D eigenvalue weighted by Gasteiger charge is 2.42. The Balaban J connectivity index is 1.52. The monoisotopic (exact) mass is 421 g/mol. The van der Waals surface area contributed by atoms with Crippen LogP contribution in [0.3, 0.4) is 0 Å². The van der Waals surface area contributed by atoms with Crippen LogP contribution in [0.25, 0.3) is 0 Å². The second-order valence-electron chi connectivity index (χ2n) is 9.21. The molecule has 1 N–H and O–H groups in total. The molecule has 2 fully saturated rings. The molecular weight excluding hydrogens is 386 g/mol. The number of nitrogens with zero attached hydrogens (tertiary/aromatic N) is 1. The molecule has 4 nitrogen and oxygen atoms in total. The number of ether oxygens (including phenoxy) is 1. The van der Waals surface area contributed by atoms with Gasteiger partial charge in [0.15, 0.2) is 0 Å². The van der Waals surface area contributed by atoms with Crippen molar-refractivity contribution >= 4 is 5.97 Å². The van der Waals surface area contributed by atoms with E-state index in [1.807, 2.05) is 36.4 Å². The molecule has 0 heterocycles. The zero-order chi connectivity index (χ0) is 21.7. The molecule has 2 aliphatic carbocycles. The quantitative estimate of drug-likeness (QED) is 0.607. The second-order valence-corrected chi connectivity index (χ2v) is 9.21. The van der Waals surface area contributed by atoms with E-state index in [0.29, 0.717) is 29.8 Å². The van der Waals surface area contributed by atoms with E-state index in [-0.39, 0.29) is 6.04 Å². The lowest BCUT2D eigenvalue weighted by atomic mass is 9.86. The van der Waals surface area contributed by atoms with Gasteiger partial charge in [-0.2, -0.15) is 0 Å². The van der Waals surface area contributed by atoms with Gasteiger partial charge in [-0.1, -0.05) is 86.3 Å². The van der Waals surface area contributed by atoms with Crippen LogP contribution >= 0.6 is 0 Å². The SMILES string of the molecule is C[C@@H](COC(=O)C(O)(c1ccccc1)c1ccccc1)N(C1CCCC1)C1CCCC1. The van der Waals surface area contributed by atoms with Gasteiger partial charge in [0.25, 0.3) is 0 Å². The smallest absolute Gasteiger partial charge is 0.347 e. The van der Waals surface area contributed by atoms with Crippen LogP contribution in [-0.4, -0.2) is 40.7 Å². The Morgan fingerprint density at radius 3 is 1.74 bits per heavy atom. The van der Waals surface area contributed by atoms with Crippen molar-refractivity contribution in [1.82, 2.24) is 4.90 Å². The van der Waals surface area contributed by atoms with Crippen LogP contribution in [0.4, 0.5) is 0 Å². The number of aliphatic hydroxyl groups is 1. The molecule has 2 saturated carbocycles. The van der Waals surface area contributed by atoms with E-state index in [2.05, 4.69) is 11.8 Å². The molecule has 2 aromatic rings. The molecule has 0 aromatic heterocycles. The molecule has 4 heteroatoms. The number of carbonyl (C=O) groups is 1. The summed E-state index contributed by atoms with van der Waals surface area (Å²) in [7, 11) is 0. The molecule has 0 bridgehead atoms. The van der Waals surface area contributed by atoms with Crippen molar-refractivity contribution in [3.8, 4) is 0 Å². The Morgan fingerprint density at radius 2 is 1.32 bits per heavy atom. The lowest BCUT2D eigenvalue weighted by molar-refractivity contribution is -0.164. The topological polar surface area (TPSA) is 49.8 Å². The lowest BCUT2D eigenvalue weighted by Crippen LogP contribution is -2.49. The number of carbonyl (C=O) groups excluding carboxylic acids is 1. The van der Waals surface area contributed by atoms with Gasteiger partial charge in [-0.05, 0) is 43.7 Å². The summed E-state index contributed by atoms with van der Waals surface area (Å²) in [5.41, 5.74) is -0.752. The highest BCUT2D eigenvalue weighted by atomic mass is 16.6. The van der Waals surface area contributed by atoms with Crippen molar-refractivity contribution in [1.29, 1.82) is 0 Å². The van der Waals surface area contributed by atoms with E-state index < -0.39 is 11.6 Å². The Hall–Kier alpha value is -2.17. The van der Waals surface area contributed by atoms with E-state index in [1.54, 1.807) is 24.3 Å². The fourth-order valence-corrected chi connectivity index (χ4v) is 5.57. The number of benzene rings is 2. The highest BCUT2D eigenvalue weighted by Crippen LogP contribution is 2.34. The Labute approximate surface area is 186 Å². The van der Waals surface area contributed by atoms with E-state index in [1.165, 1.54) is 51.4 Å². The van der Waals surface area contributed by atoms with Crippen molar-refractivity contribution in [3.05, 3.63) is 71.8 Å². The average Bonchev–Trinajstić information content (AvgIpc) is 3.53. The van der Waals surface area contributed by atoms with Crippen molar-refractivity contribution in [2.24, 2.45) is 0 Å². The lowest BCUT2D eigenvalue weighted by Gasteiger charge is -2.39. The minimum atomic E-state index is -1.81. The highest BCUT2D eigenvalue weighted by molar-refractivity contribution is 5.85. The van der Waals surface area contributed by atoms with Gasteiger partial charge >= 0.3 is 5.97 Å². The molecular formula is C27H35NO3. The molecule has 0 saturated heterocycles. The van der Waals surface area contributed by atoms with Crippen LogP contribution in [0.2, 0.25) is 0 Å². The van der Waals surface area contributed by atoms with Crippen LogP contribution in [0.5, 0.6) is 0 Å². The van der Waals surface area contributed by atoms with Gasteiger partial charge in [0, 0.05) is 18.1 Å².